The van der Waals surface area contributed by atoms with Gasteiger partial charge in [-0.05, 0) is 31.2 Å². The molecule has 1 saturated carbocycles. The van der Waals surface area contributed by atoms with E-state index >= 15 is 0 Å². The molecule has 0 radical (unpaired) electrons. The van der Waals surface area contributed by atoms with Crippen LogP contribution in [0.5, 0.6) is 0 Å². The second-order valence-corrected chi connectivity index (χ2v) is 5.58. The van der Waals surface area contributed by atoms with Crippen molar-refractivity contribution >= 4 is 17.4 Å². The fourth-order valence-corrected chi connectivity index (χ4v) is 3.04. The molecule has 5 nitrogen and oxygen atoms in total. The number of nitrogens with one attached hydrogen (secondary N) is 1. The Balaban J connectivity index is 2.10. The molecule has 0 aromatic carbocycles. The lowest BCUT2D eigenvalue weighted by molar-refractivity contribution is 0.100. The van der Waals surface area contributed by atoms with Gasteiger partial charge in [0.1, 0.15) is 5.82 Å². The predicted octanol–water partition coefficient (Wildman–Crippen LogP) is 2.53. The van der Waals surface area contributed by atoms with Crippen LogP contribution in [-0.2, 0) is 0 Å². The van der Waals surface area contributed by atoms with Crippen molar-refractivity contribution in [1.82, 2.24) is 4.98 Å². The van der Waals surface area contributed by atoms with E-state index in [-0.39, 0.29) is 0 Å². The molecule has 1 aromatic heterocycles. The van der Waals surface area contributed by atoms with Gasteiger partial charge in [0, 0.05) is 6.04 Å². The molecule has 5 heteroatoms. The Morgan fingerprint density at radius 3 is 2.75 bits per heavy atom. The van der Waals surface area contributed by atoms with Gasteiger partial charge in [0.15, 0.2) is 0 Å². The van der Waals surface area contributed by atoms with Crippen LogP contribution in [0.25, 0.3) is 0 Å². The predicted molar refractivity (Wildman–Crippen MR) is 81.4 cm³/mol. The van der Waals surface area contributed by atoms with Crippen molar-refractivity contribution in [3.8, 4) is 0 Å². The molecule has 110 valence electrons. The Labute approximate surface area is 120 Å². The average Bonchev–Trinajstić information content (AvgIpc) is 2.47. The Morgan fingerprint density at radius 2 is 2.15 bits per heavy atom. The Kier molecular flexibility index (Phi) is 4.82. The molecule has 0 saturated heterocycles. The van der Waals surface area contributed by atoms with Crippen molar-refractivity contribution in [2.75, 3.05) is 11.1 Å². The average molecular weight is 276 g/mol. The molecule has 1 aliphatic carbocycles. The highest BCUT2D eigenvalue weighted by molar-refractivity contribution is 5.98. The third kappa shape index (κ3) is 3.40. The molecule has 1 heterocycles. The largest absolute Gasteiger partial charge is 0.397 e. The van der Waals surface area contributed by atoms with Gasteiger partial charge in [-0.2, -0.15) is 0 Å². The molecule has 0 bridgehead atoms. The van der Waals surface area contributed by atoms with Crippen molar-refractivity contribution in [2.45, 2.75) is 51.5 Å². The SMILES string of the molecule is CCC(Nc1cc(C(N)=O)c(N)cn1)C1CCCCC1. The lowest BCUT2D eigenvalue weighted by Crippen LogP contribution is -2.30. The van der Waals surface area contributed by atoms with Crippen molar-refractivity contribution in [3.63, 3.8) is 0 Å². The normalized spacial score (nSPS) is 17.6. The molecule has 1 amide bonds. The molecule has 0 spiro atoms. The minimum Gasteiger partial charge on any atom is -0.397 e. The summed E-state index contributed by atoms with van der Waals surface area (Å²) in [6.07, 6.45) is 9.04. The summed E-state index contributed by atoms with van der Waals surface area (Å²) in [5, 5.41) is 3.45. The van der Waals surface area contributed by atoms with Crippen molar-refractivity contribution in [1.29, 1.82) is 0 Å². The van der Waals surface area contributed by atoms with E-state index in [1.165, 1.54) is 38.3 Å². The molecular weight excluding hydrogens is 252 g/mol. The van der Waals surface area contributed by atoms with E-state index in [1.807, 2.05) is 0 Å². The Bertz CT molecular complexity index is 469. The van der Waals surface area contributed by atoms with Crippen LogP contribution in [0.1, 0.15) is 55.8 Å². The summed E-state index contributed by atoms with van der Waals surface area (Å²) in [7, 11) is 0. The third-order valence-electron chi connectivity index (χ3n) is 4.19. The number of nitrogens with zero attached hydrogens (tertiary/aromatic N) is 1. The second kappa shape index (κ2) is 6.59. The van der Waals surface area contributed by atoms with E-state index in [0.29, 0.717) is 29.0 Å². The third-order valence-corrected chi connectivity index (χ3v) is 4.19. The monoisotopic (exact) mass is 276 g/mol. The smallest absolute Gasteiger partial charge is 0.250 e. The molecule has 1 atom stereocenters. The van der Waals surface area contributed by atoms with Gasteiger partial charge >= 0.3 is 0 Å². The zero-order valence-corrected chi connectivity index (χ0v) is 12.1. The summed E-state index contributed by atoms with van der Waals surface area (Å²) in [5.74, 6) is 0.856. The van der Waals surface area contributed by atoms with E-state index in [1.54, 1.807) is 6.07 Å². The number of rotatable bonds is 5. The number of carbonyl (C=O) groups excluding carboxylic acids is 1. The molecule has 1 unspecified atom stereocenters. The number of amides is 1. The maximum absolute atomic E-state index is 11.3. The molecular formula is C15H24N4O. The summed E-state index contributed by atoms with van der Waals surface area (Å²) < 4.78 is 0. The van der Waals surface area contributed by atoms with Gasteiger partial charge in [0.25, 0.3) is 5.91 Å². The lowest BCUT2D eigenvalue weighted by Gasteiger charge is -2.30. The summed E-state index contributed by atoms with van der Waals surface area (Å²) in [4.78, 5) is 15.6. The number of hydrogen-bond donors (Lipinski definition) is 3. The zero-order valence-electron chi connectivity index (χ0n) is 12.1. The number of hydrogen-bond acceptors (Lipinski definition) is 4. The van der Waals surface area contributed by atoms with Gasteiger partial charge in [-0.1, -0.05) is 26.2 Å². The van der Waals surface area contributed by atoms with Gasteiger partial charge < -0.3 is 16.8 Å². The summed E-state index contributed by atoms with van der Waals surface area (Å²) >= 11 is 0. The van der Waals surface area contributed by atoms with E-state index < -0.39 is 5.91 Å². The van der Waals surface area contributed by atoms with Crippen LogP contribution in [0.3, 0.4) is 0 Å². The number of primary amides is 1. The van der Waals surface area contributed by atoms with Gasteiger partial charge in [0.2, 0.25) is 0 Å². The van der Waals surface area contributed by atoms with E-state index in [9.17, 15) is 4.79 Å². The molecule has 1 aliphatic rings. The molecule has 2 rings (SSSR count). The van der Waals surface area contributed by atoms with Gasteiger partial charge in [-0.25, -0.2) is 4.98 Å². The quantitative estimate of drug-likeness (QED) is 0.770. The highest BCUT2D eigenvalue weighted by Crippen LogP contribution is 2.29. The van der Waals surface area contributed by atoms with Crippen LogP contribution in [0.15, 0.2) is 12.3 Å². The minimum atomic E-state index is -0.515. The molecule has 20 heavy (non-hydrogen) atoms. The zero-order chi connectivity index (χ0) is 14.5. The van der Waals surface area contributed by atoms with Gasteiger partial charge in [0.05, 0.1) is 17.4 Å². The number of aromatic nitrogens is 1. The van der Waals surface area contributed by atoms with Crippen LogP contribution >= 0.6 is 0 Å². The first-order valence-electron chi connectivity index (χ1n) is 7.43. The van der Waals surface area contributed by atoms with Crippen molar-refractivity contribution < 1.29 is 4.79 Å². The lowest BCUT2D eigenvalue weighted by atomic mass is 9.83. The number of pyridine rings is 1. The molecule has 0 aliphatic heterocycles. The van der Waals surface area contributed by atoms with Crippen LogP contribution in [0.4, 0.5) is 11.5 Å². The van der Waals surface area contributed by atoms with Crippen molar-refractivity contribution in [2.24, 2.45) is 11.7 Å². The van der Waals surface area contributed by atoms with E-state index in [2.05, 4.69) is 17.2 Å². The minimum absolute atomic E-state index is 0.328. The number of nitrogens with two attached hydrogens (primary N) is 2. The maximum Gasteiger partial charge on any atom is 0.250 e. The van der Waals surface area contributed by atoms with Gasteiger partial charge in [-0.3, -0.25) is 4.79 Å². The van der Waals surface area contributed by atoms with E-state index in [4.69, 9.17) is 11.5 Å². The topological polar surface area (TPSA) is 94.0 Å². The summed E-state index contributed by atoms with van der Waals surface area (Å²) in [6.45, 7) is 2.18. The van der Waals surface area contributed by atoms with Crippen LogP contribution in [-0.4, -0.2) is 16.9 Å². The maximum atomic E-state index is 11.3. The number of carbonyl (C=O) groups is 1. The molecule has 5 N–H and O–H groups in total. The van der Waals surface area contributed by atoms with Crippen LogP contribution in [0, 0.1) is 5.92 Å². The first kappa shape index (κ1) is 14.6. The fraction of sp³-hybridized carbons (Fsp3) is 0.600. The first-order chi connectivity index (χ1) is 9.61. The van der Waals surface area contributed by atoms with Crippen LogP contribution < -0.4 is 16.8 Å². The Morgan fingerprint density at radius 1 is 1.45 bits per heavy atom. The van der Waals surface area contributed by atoms with Crippen LogP contribution in [0.2, 0.25) is 0 Å². The number of anilines is 2. The first-order valence-corrected chi connectivity index (χ1v) is 7.43. The number of nitrogen functional groups attached to an aromatic ring is 1. The Hall–Kier alpha value is -1.78. The fourth-order valence-electron chi connectivity index (χ4n) is 3.04. The van der Waals surface area contributed by atoms with E-state index in [0.717, 1.165) is 6.42 Å². The van der Waals surface area contributed by atoms with Gasteiger partial charge in [-0.15, -0.1) is 0 Å². The van der Waals surface area contributed by atoms with Crippen molar-refractivity contribution in [3.05, 3.63) is 17.8 Å². The highest BCUT2D eigenvalue weighted by atomic mass is 16.1. The second-order valence-electron chi connectivity index (χ2n) is 5.58. The molecule has 1 fully saturated rings. The molecule has 1 aromatic rings. The summed E-state index contributed by atoms with van der Waals surface area (Å²) in [5.41, 5.74) is 11.7. The highest BCUT2D eigenvalue weighted by Gasteiger charge is 2.22. The standard InChI is InChI=1S/C15H24N4O/c1-2-13(10-6-4-3-5-7-10)19-14-8-11(15(17)20)12(16)9-18-14/h8-10,13H,2-7,16H2,1H3,(H2,17,20)(H,18,19). The summed E-state index contributed by atoms with van der Waals surface area (Å²) in [6, 6.07) is 2.05.